The van der Waals surface area contributed by atoms with Crippen molar-refractivity contribution in [2.75, 3.05) is 24.2 Å². The summed E-state index contributed by atoms with van der Waals surface area (Å²) in [5.41, 5.74) is 1.58. The second-order valence-corrected chi connectivity index (χ2v) is 9.56. The Morgan fingerprint density at radius 3 is 2.42 bits per heavy atom. The Morgan fingerprint density at radius 2 is 1.82 bits per heavy atom. The largest absolute Gasteiger partial charge is 0.573 e. The molecule has 0 saturated carbocycles. The Hall–Kier alpha value is -1.72. The average molecular weight is 530 g/mol. The van der Waals surface area contributed by atoms with Gasteiger partial charge in [0, 0.05) is 31.2 Å². The second kappa shape index (κ2) is 12.1. The molecule has 0 aromatic heterocycles. The highest BCUT2D eigenvalue weighted by molar-refractivity contribution is 7.92. The molecule has 186 valence electrons. The van der Waals surface area contributed by atoms with E-state index in [0.717, 1.165) is 41.6 Å². The summed E-state index contributed by atoms with van der Waals surface area (Å²) in [7, 11) is -2.21. The Kier molecular flexibility index (Phi) is 10.8. The Bertz CT molecular complexity index is 995. The third kappa shape index (κ3) is 8.22. The zero-order valence-electron chi connectivity index (χ0n) is 18.1. The molecule has 2 N–H and O–H groups in total. The zero-order chi connectivity index (χ0) is 22.6. The molecule has 0 aliphatic carbocycles. The van der Waals surface area contributed by atoms with Gasteiger partial charge in [-0.2, -0.15) is 0 Å². The van der Waals surface area contributed by atoms with Crippen molar-refractivity contribution in [3.8, 4) is 5.75 Å². The first kappa shape index (κ1) is 29.3. The van der Waals surface area contributed by atoms with Crippen molar-refractivity contribution in [3.05, 3.63) is 59.7 Å². The fourth-order valence-electron chi connectivity index (χ4n) is 3.68. The highest BCUT2D eigenvalue weighted by Crippen LogP contribution is 2.31. The van der Waals surface area contributed by atoms with Gasteiger partial charge in [-0.1, -0.05) is 30.3 Å². The average Bonchev–Trinajstić information content (AvgIpc) is 2.71. The molecule has 1 saturated heterocycles. The minimum atomic E-state index is -4.85. The van der Waals surface area contributed by atoms with Gasteiger partial charge in [-0.15, -0.1) is 38.0 Å². The normalized spacial score (nSPS) is 18.6. The highest BCUT2D eigenvalue weighted by atomic mass is 35.5. The van der Waals surface area contributed by atoms with E-state index in [2.05, 4.69) is 15.4 Å². The summed E-state index contributed by atoms with van der Waals surface area (Å²) in [6.45, 7) is 0.946. The Balaban J connectivity index is 0.00000272. The zero-order valence-corrected chi connectivity index (χ0v) is 20.6. The predicted molar refractivity (Wildman–Crippen MR) is 128 cm³/mol. The van der Waals surface area contributed by atoms with E-state index in [1.54, 1.807) is 0 Å². The van der Waals surface area contributed by atoms with Crippen molar-refractivity contribution in [1.82, 2.24) is 10.6 Å². The molecule has 12 heteroatoms. The lowest BCUT2D eigenvalue weighted by Crippen LogP contribution is -2.45. The molecule has 2 unspecified atom stereocenters. The van der Waals surface area contributed by atoms with Crippen LogP contribution in [0.15, 0.2) is 48.5 Å². The van der Waals surface area contributed by atoms with E-state index >= 15 is 0 Å². The minimum Gasteiger partial charge on any atom is -0.405 e. The Labute approximate surface area is 204 Å². The number of ether oxygens (including phenoxy) is 1. The second-order valence-electron chi connectivity index (χ2n) is 7.54. The van der Waals surface area contributed by atoms with E-state index in [1.165, 1.54) is 19.2 Å². The van der Waals surface area contributed by atoms with Gasteiger partial charge in [0.05, 0.1) is 11.9 Å². The van der Waals surface area contributed by atoms with Gasteiger partial charge in [0.25, 0.3) is 0 Å². The van der Waals surface area contributed by atoms with Gasteiger partial charge in [-0.3, -0.25) is 4.31 Å². The molecule has 1 aliphatic rings. The van der Waals surface area contributed by atoms with Crippen LogP contribution in [0.4, 0.5) is 18.9 Å². The molecule has 3 rings (SSSR count). The molecule has 0 bridgehead atoms. The first-order valence-electron chi connectivity index (χ1n) is 9.89. The molecule has 0 spiro atoms. The third-order valence-corrected chi connectivity index (χ3v) is 6.51. The molecular formula is C21H28Cl2F3N3O3S. The number of benzene rings is 2. The minimum absolute atomic E-state index is 0. The summed E-state index contributed by atoms with van der Waals surface area (Å²) in [6, 6.07) is 13.7. The van der Waals surface area contributed by atoms with Crippen LogP contribution in [0.2, 0.25) is 0 Å². The molecule has 2 atom stereocenters. The number of alkyl halides is 3. The molecule has 1 heterocycles. The molecular weight excluding hydrogens is 502 g/mol. The number of sulfonamides is 1. The predicted octanol–water partition coefficient (Wildman–Crippen LogP) is 4.41. The molecule has 1 fully saturated rings. The van der Waals surface area contributed by atoms with Crippen molar-refractivity contribution in [3.63, 3.8) is 0 Å². The van der Waals surface area contributed by atoms with E-state index in [0.29, 0.717) is 0 Å². The first-order chi connectivity index (χ1) is 14.5. The molecule has 33 heavy (non-hydrogen) atoms. The summed E-state index contributed by atoms with van der Waals surface area (Å²) in [5, 5.41) is 6.80. The lowest BCUT2D eigenvalue weighted by molar-refractivity contribution is -0.274. The van der Waals surface area contributed by atoms with Crippen LogP contribution in [0.5, 0.6) is 5.75 Å². The van der Waals surface area contributed by atoms with Crippen molar-refractivity contribution in [1.29, 1.82) is 0 Å². The van der Waals surface area contributed by atoms with Crippen LogP contribution in [-0.2, 0) is 16.6 Å². The number of rotatable bonds is 7. The topological polar surface area (TPSA) is 70.7 Å². The molecule has 2 aromatic rings. The maximum atomic E-state index is 12.9. The highest BCUT2D eigenvalue weighted by Gasteiger charge is 2.33. The van der Waals surface area contributed by atoms with E-state index < -0.39 is 16.4 Å². The van der Waals surface area contributed by atoms with E-state index in [1.807, 2.05) is 30.3 Å². The van der Waals surface area contributed by atoms with Crippen molar-refractivity contribution >= 4 is 40.5 Å². The first-order valence-corrected chi connectivity index (χ1v) is 11.7. The van der Waals surface area contributed by atoms with Crippen LogP contribution in [-0.4, -0.2) is 40.7 Å². The van der Waals surface area contributed by atoms with Crippen LogP contribution in [0.1, 0.15) is 30.0 Å². The Morgan fingerprint density at radius 1 is 1.15 bits per heavy atom. The monoisotopic (exact) mass is 529 g/mol. The molecule has 0 amide bonds. The number of hydrogen-bond acceptors (Lipinski definition) is 5. The van der Waals surface area contributed by atoms with Crippen LogP contribution >= 0.6 is 24.8 Å². The molecule has 0 radical (unpaired) electrons. The fraction of sp³-hybridized carbons (Fsp3) is 0.429. The summed E-state index contributed by atoms with van der Waals surface area (Å²) >= 11 is 0. The van der Waals surface area contributed by atoms with Crippen molar-refractivity contribution < 1.29 is 26.3 Å². The number of hydrogen-bond donors (Lipinski definition) is 2. The fourth-order valence-corrected chi connectivity index (χ4v) is 4.17. The summed E-state index contributed by atoms with van der Waals surface area (Å²) in [6.07, 6.45) is -2.03. The maximum Gasteiger partial charge on any atom is 0.573 e. The number of nitrogens with one attached hydrogen (secondary N) is 2. The van der Waals surface area contributed by atoms with E-state index in [-0.39, 0.29) is 60.4 Å². The van der Waals surface area contributed by atoms with Crippen LogP contribution in [0.25, 0.3) is 0 Å². The summed E-state index contributed by atoms with van der Waals surface area (Å²) < 4.78 is 67.6. The summed E-state index contributed by atoms with van der Waals surface area (Å²) in [4.78, 5) is 0. The van der Waals surface area contributed by atoms with Crippen LogP contribution < -0.4 is 19.7 Å². The van der Waals surface area contributed by atoms with Gasteiger partial charge in [0.15, 0.2) is 0 Å². The standard InChI is InChI=1S/C21H26F3N3O3S.2ClH/c1-27(31(2,28)29)17-10-11-19(30-21(22,23)24)16(13-17)14-26-18-9-6-12-25-20(18)15-7-4-3-5-8-15;;/h3-5,7-8,10-11,13,18,20,25-26H,6,9,12,14H2,1-2H3;2*1H. The van der Waals surface area contributed by atoms with Gasteiger partial charge in [-0.25, -0.2) is 8.42 Å². The van der Waals surface area contributed by atoms with E-state index in [4.69, 9.17) is 0 Å². The maximum absolute atomic E-state index is 12.9. The summed E-state index contributed by atoms with van der Waals surface area (Å²) in [5.74, 6) is -0.356. The van der Waals surface area contributed by atoms with Crippen LogP contribution in [0.3, 0.4) is 0 Å². The van der Waals surface area contributed by atoms with Gasteiger partial charge in [-0.05, 0) is 43.1 Å². The lowest BCUT2D eigenvalue weighted by atomic mass is 9.92. The van der Waals surface area contributed by atoms with Gasteiger partial charge in [0.1, 0.15) is 5.75 Å². The molecule has 1 aliphatic heterocycles. The number of piperidine rings is 1. The van der Waals surface area contributed by atoms with Gasteiger partial charge in [0.2, 0.25) is 10.0 Å². The molecule has 6 nitrogen and oxygen atoms in total. The van der Waals surface area contributed by atoms with Crippen molar-refractivity contribution in [2.24, 2.45) is 0 Å². The molecule has 2 aromatic carbocycles. The van der Waals surface area contributed by atoms with E-state index in [9.17, 15) is 21.6 Å². The lowest BCUT2D eigenvalue weighted by Gasteiger charge is -2.34. The number of anilines is 1. The van der Waals surface area contributed by atoms with Gasteiger partial charge >= 0.3 is 6.36 Å². The number of halogens is 5. The van der Waals surface area contributed by atoms with Crippen molar-refractivity contribution in [2.45, 2.75) is 37.8 Å². The SMILES string of the molecule is CN(c1ccc(OC(F)(F)F)c(CNC2CCCNC2c2ccccc2)c1)S(C)(=O)=O.Cl.Cl. The number of nitrogens with zero attached hydrogens (tertiary/aromatic N) is 1. The third-order valence-electron chi connectivity index (χ3n) is 5.30. The smallest absolute Gasteiger partial charge is 0.405 e. The van der Waals surface area contributed by atoms with Crippen LogP contribution in [0, 0.1) is 0 Å². The van der Waals surface area contributed by atoms with Gasteiger partial charge < -0.3 is 15.4 Å². The quantitative estimate of drug-likeness (QED) is 0.555.